The Kier molecular flexibility index (Phi) is 5.91. The van der Waals surface area contributed by atoms with Crippen molar-refractivity contribution in [3.63, 3.8) is 0 Å². The summed E-state index contributed by atoms with van der Waals surface area (Å²) in [6.07, 6.45) is 3.82. The summed E-state index contributed by atoms with van der Waals surface area (Å²) >= 11 is 0. The van der Waals surface area contributed by atoms with Gasteiger partial charge in [0.1, 0.15) is 5.82 Å². The number of amides is 2. The van der Waals surface area contributed by atoms with E-state index in [0.29, 0.717) is 19.6 Å². The summed E-state index contributed by atoms with van der Waals surface area (Å²) in [5.41, 5.74) is 1.78. The average Bonchev–Trinajstić information content (AvgIpc) is 3.01. The lowest BCUT2D eigenvalue weighted by Crippen LogP contribution is -2.47. The topological polar surface area (TPSA) is 36.0 Å². The molecule has 0 spiro atoms. The molecule has 5 nitrogen and oxygen atoms in total. The zero-order valence-corrected chi connectivity index (χ0v) is 15.2. The van der Waals surface area contributed by atoms with Crippen molar-refractivity contribution in [2.45, 2.75) is 31.8 Å². The monoisotopic (exact) mass is 349 g/mol. The number of hydrogen-bond acceptors (Lipinski definition) is 3. The second-order valence-electron chi connectivity index (χ2n) is 7.17. The van der Waals surface area contributed by atoms with Crippen LogP contribution in [0.25, 0.3) is 0 Å². The van der Waals surface area contributed by atoms with E-state index in [0.717, 1.165) is 50.1 Å². The third kappa shape index (κ3) is 4.50. The number of anilines is 1. The van der Waals surface area contributed by atoms with Crippen molar-refractivity contribution in [1.82, 2.24) is 9.80 Å². The molecule has 25 heavy (non-hydrogen) atoms. The first-order valence-corrected chi connectivity index (χ1v) is 9.16. The molecule has 6 heteroatoms. The van der Waals surface area contributed by atoms with Crippen LogP contribution < -0.4 is 4.90 Å². The normalized spacial score (nSPS) is 18.1. The van der Waals surface area contributed by atoms with Gasteiger partial charge in [-0.25, -0.2) is 9.18 Å². The number of ether oxygens (including phenoxy) is 1. The molecular weight excluding hydrogens is 321 g/mol. The summed E-state index contributed by atoms with van der Waals surface area (Å²) < 4.78 is 19.4. The van der Waals surface area contributed by atoms with Crippen LogP contribution in [0.2, 0.25) is 0 Å². The highest BCUT2D eigenvalue weighted by Crippen LogP contribution is 2.30. The van der Waals surface area contributed by atoms with E-state index in [1.807, 2.05) is 4.90 Å². The van der Waals surface area contributed by atoms with Crippen LogP contribution >= 0.6 is 0 Å². The summed E-state index contributed by atoms with van der Waals surface area (Å²) in [7, 11) is 4.12. The fraction of sp³-hybridized carbons (Fsp3) is 0.632. The Morgan fingerprint density at radius 1 is 1.28 bits per heavy atom. The number of halogens is 1. The van der Waals surface area contributed by atoms with Crippen LogP contribution in [0.3, 0.4) is 0 Å². The van der Waals surface area contributed by atoms with Crippen molar-refractivity contribution in [3.05, 3.63) is 29.6 Å². The van der Waals surface area contributed by atoms with E-state index in [4.69, 9.17) is 4.74 Å². The van der Waals surface area contributed by atoms with E-state index < -0.39 is 0 Å². The van der Waals surface area contributed by atoms with Gasteiger partial charge in [-0.1, -0.05) is 6.07 Å². The van der Waals surface area contributed by atoms with Gasteiger partial charge < -0.3 is 14.5 Å². The van der Waals surface area contributed by atoms with Crippen LogP contribution in [0.5, 0.6) is 0 Å². The molecule has 0 N–H and O–H groups in total. The van der Waals surface area contributed by atoms with E-state index in [1.165, 1.54) is 12.1 Å². The Morgan fingerprint density at radius 2 is 2.04 bits per heavy atom. The minimum atomic E-state index is -0.289. The molecule has 0 aliphatic carbocycles. The number of likely N-dealkylation sites (tertiary alicyclic amines) is 1. The zero-order valence-electron chi connectivity index (χ0n) is 15.2. The summed E-state index contributed by atoms with van der Waals surface area (Å²) in [5, 5.41) is 0. The van der Waals surface area contributed by atoms with Crippen molar-refractivity contribution >= 4 is 11.7 Å². The Bertz CT molecular complexity index is 600. The molecule has 0 bridgehead atoms. The first-order chi connectivity index (χ1) is 12.0. The maximum absolute atomic E-state index is 13.5. The standard InChI is InChI=1S/C19H28FN3O2/c1-21(2)9-3-13-25-17-7-10-22(11-8-17)19(24)23-12-6-15-4-5-16(20)14-18(15)23/h4-5,14,17H,3,6-13H2,1-2H3. The summed E-state index contributed by atoms with van der Waals surface area (Å²) in [5.74, 6) is -0.289. The fourth-order valence-electron chi connectivity index (χ4n) is 3.57. The van der Waals surface area contributed by atoms with Gasteiger partial charge in [0.2, 0.25) is 0 Å². The summed E-state index contributed by atoms with van der Waals surface area (Å²) in [6, 6.07) is 4.72. The van der Waals surface area contributed by atoms with Gasteiger partial charge in [-0.05, 0) is 64.0 Å². The van der Waals surface area contributed by atoms with Crippen molar-refractivity contribution in [2.24, 2.45) is 0 Å². The van der Waals surface area contributed by atoms with Gasteiger partial charge in [-0.15, -0.1) is 0 Å². The molecule has 2 aliphatic rings. The number of carbonyl (C=O) groups is 1. The van der Waals surface area contributed by atoms with E-state index >= 15 is 0 Å². The molecule has 2 amide bonds. The number of piperidine rings is 1. The van der Waals surface area contributed by atoms with E-state index in [2.05, 4.69) is 19.0 Å². The van der Waals surface area contributed by atoms with Crippen molar-refractivity contribution < 1.29 is 13.9 Å². The fourth-order valence-corrected chi connectivity index (χ4v) is 3.57. The molecule has 2 aliphatic heterocycles. The number of fused-ring (bicyclic) bond motifs is 1. The van der Waals surface area contributed by atoms with Crippen LogP contribution in [0.1, 0.15) is 24.8 Å². The van der Waals surface area contributed by atoms with Crippen LogP contribution in [-0.2, 0) is 11.2 Å². The molecule has 1 fully saturated rings. The number of urea groups is 1. The highest BCUT2D eigenvalue weighted by Gasteiger charge is 2.31. The predicted octanol–water partition coefficient (Wildman–Crippen LogP) is 2.74. The van der Waals surface area contributed by atoms with E-state index in [-0.39, 0.29) is 18.0 Å². The van der Waals surface area contributed by atoms with Crippen LogP contribution in [0.15, 0.2) is 18.2 Å². The number of rotatable bonds is 5. The van der Waals surface area contributed by atoms with Crippen LogP contribution in [0.4, 0.5) is 14.9 Å². The van der Waals surface area contributed by atoms with E-state index in [1.54, 1.807) is 11.0 Å². The molecule has 0 atom stereocenters. The third-order valence-corrected chi connectivity index (χ3v) is 4.99. The van der Waals surface area contributed by atoms with Gasteiger partial charge in [0, 0.05) is 26.2 Å². The van der Waals surface area contributed by atoms with Gasteiger partial charge in [0.15, 0.2) is 0 Å². The van der Waals surface area contributed by atoms with Gasteiger partial charge in [-0.3, -0.25) is 4.90 Å². The highest BCUT2D eigenvalue weighted by atomic mass is 19.1. The van der Waals surface area contributed by atoms with Gasteiger partial charge in [0.05, 0.1) is 11.8 Å². The molecule has 3 rings (SSSR count). The lowest BCUT2D eigenvalue weighted by molar-refractivity contribution is 0.0126. The molecule has 0 saturated carbocycles. The number of nitrogens with zero attached hydrogens (tertiary/aromatic N) is 3. The van der Waals surface area contributed by atoms with Crippen LogP contribution in [0, 0.1) is 5.82 Å². The third-order valence-electron chi connectivity index (χ3n) is 4.99. The number of hydrogen-bond donors (Lipinski definition) is 0. The predicted molar refractivity (Wildman–Crippen MR) is 96.6 cm³/mol. The summed E-state index contributed by atoms with van der Waals surface area (Å²) in [4.78, 5) is 18.5. The number of benzene rings is 1. The second-order valence-corrected chi connectivity index (χ2v) is 7.17. The quantitative estimate of drug-likeness (QED) is 0.767. The first kappa shape index (κ1) is 18.1. The molecular formula is C19H28FN3O2. The Hall–Kier alpha value is -1.66. The van der Waals surface area contributed by atoms with Crippen molar-refractivity contribution in [3.8, 4) is 0 Å². The van der Waals surface area contributed by atoms with Gasteiger partial charge in [-0.2, -0.15) is 0 Å². The van der Waals surface area contributed by atoms with Crippen molar-refractivity contribution in [1.29, 1.82) is 0 Å². The zero-order chi connectivity index (χ0) is 17.8. The average molecular weight is 349 g/mol. The minimum absolute atomic E-state index is 0.00425. The smallest absolute Gasteiger partial charge is 0.324 e. The molecule has 0 aromatic heterocycles. The molecule has 1 aromatic rings. The summed E-state index contributed by atoms with van der Waals surface area (Å²) in [6.45, 7) is 3.85. The Labute approximate surface area is 149 Å². The van der Waals surface area contributed by atoms with Crippen molar-refractivity contribution in [2.75, 3.05) is 51.8 Å². The SMILES string of the molecule is CN(C)CCCOC1CCN(C(=O)N2CCc3ccc(F)cc32)CC1. The highest BCUT2D eigenvalue weighted by molar-refractivity contribution is 5.94. The molecule has 2 heterocycles. The molecule has 1 saturated heterocycles. The second kappa shape index (κ2) is 8.15. The molecule has 138 valence electrons. The Balaban J connectivity index is 1.47. The number of carbonyl (C=O) groups excluding carboxylic acids is 1. The maximum atomic E-state index is 13.5. The van der Waals surface area contributed by atoms with E-state index in [9.17, 15) is 9.18 Å². The lowest BCUT2D eigenvalue weighted by atomic mass is 10.1. The molecule has 1 aromatic carbocycles. The minimum Gasteiger partial charge on any atom is -0.378 e. The van der Waals surface area contributed by atoms with Gasteiger partial charge in [0.25, 0.3) is 0 Å². The molecule has 0 radical (unpaired) electrons. The first-order valence-electron chi connectivity index (χ1n) is 9.16. The lowest BCUT2D eigenvalue weighted by Gasteiger charge is -2.34. The largest absolute Gasteiger partial charge is 0.378 e. The Morgan fingerprint density at radius 3 is 2.76 bits per heavy atom. The van der Waals surface area contributed by atoms with Crippen LogP contribution in [-0.4, -0.2) is 68.8 Å². The van der Waals surface area contributed by atoms with Gasteiger partial charge >= 0.3 is 6.03 Å². The molecule has 0 unspecified atom stereocenters. The maximum Gasteiger partial charge on any atom is 0.324 e.